The molecule has 0 N–H and O–H groups in total. The van der Waals surface area contributed by atoms with Gasteiger partial charge in [-0.1, -0.05) is 0 Å². The van der Waals surface area contributed by atoms with Gasteiger partial charge in [0.05, 0.1) is 17.8 Å². The summed E-state index contributed by atoms with van der Waals surface area (Å²) in [7, 11) is 0. The highest BCUT2D eigenvalue weighted by molar-refractivity contribution is 5.95. The zero-order valence-corrected chi connectivity index (χ0v) is 10.8. The van der Waals surface area contributed by atoms with Gasteiger partial charge in [-0.15, -0.1) is 0 Å². The Bertz CT molecular complexity index is 414. The molecule has 0 aliphatic carbocycles. The highest BCUT2D eigenvalue weighted by Crippen LogP contribution is 2.19. The number of carbonyl (C=O) groups is 1. The maximum absolute atomic E-state index is 12.3. The molecule has 17 heavy (non-hydrogen) atoms. The summed E-state index contributed by atoms with van der Waals surface area (Å²) >= 11 is 0. The van der Waals surface area contributed by atoms with Gasteiger partial charge in [0, 0.05) is 13.1 Å². The molecular weight excluding hydrogens is 218 g/mol. The minimum atomic E-state index is 0.0429. The zero-order chi connectivity index (χ0) is 12.6. The first-order chi connectivity index (χ1) is 7.97. The summed E-state index contributed by atoms with van der Waals surface area (Å²) in [6.07, 6.45) is 0.187. The summed E-state index contributed by atoms with van der Waals surface area (Å²) in [6.45, 7) is 8.95. The number of ether oxygens (including phenoxy) is 1. The fraction of sp³-hybridized carbons (Fsp3) is 0.615. The molecule has 2 heterocycles. The van der Waals surface area contributed by atoms with E-state index in [0.29, 0.717) is 24.4 Å². The lowest BCUT2D eigenvalue weighted by Gasteiger charge is -2.35. The maximum atomic E-state index is 12.3. The van der Waals surface area contributed by atoms with Crippen molar-refractivity contribution in [1.82, 2.24) is 4.90 Å². The van der Waals surface area contributed by atoms with Gasteiger partial charge in [0.1, 0.15) is 11.5 Å². The second-order valence-corrected chi connectivity index (χ2v) is 4.79. The number of furan rings is 1. The van der Waals surface area contributed by atoms with E-state index in [1.54, 1.807) is 0 Å². The molecule has 1 aromatic rings. The Kier molecular flexibility index (Phi) is 3.24. The smallest absolute Gasteiger partial charge is 0.257 e. The van der Waals surface area contributed by atoms with E-state index in [1.165, 1.54) is 0 Å². The Labute approximate surface area is 102 Å². The predicted octanol–water partition coefficient (Wildman–Crippen LogP) is 2.15. The molecule has 0 aromatic carbocycles. The first-order valence-electron chi connectivity index (χ1n) is 5.99. The molecule has 2 atom stereocenters. The average Bonchev–Trinajstić information content (AvgIpc) is 2.55. The van der Waals surface area contributed by atoms with Crippen LogP contribution in [0.1, 0.15) is 35.7 Å². The van der Waals surface area contributed by atoms with Gasteiger partial charge in [0.15, 0.2) is 0 Å². The van der Waals surface area contributed by atoms with Crippen molar-refractivity contribution in [2.24, 2.45) is 0 Å². The van der Waals surface area contributed by atoms with Crippen LogP contribution in [0.15, 0.2) is 10.5 Å². The largest absolute Gasteiger partial charge is 0.466 e. The monoisotopic (exact) mass is 237 g/mol. The molecule has 4 nitrogen and oxygen atoms in total. The summed E-state index contributed by atoms with van der Waals surface area (Å²) in [5.74, 6) is 1.51. The van der Waals surface area contributed by atoms with E-state index in [-0.39, 0.29) is 18.1 Å². The number of hydrogen-bond acceptors (Lipinski definition) is 3. The number of rotatable bonds is 1. The van der Waals surface area contributed by atoms with Crippen molar-refractivity contribution < 1.29 is 13.9 Å². The fourth-order valence-electron chi connectivity index (χ4n) is 2.36. The number of hydrogen-bond donors (Lipinski definition) is 0. The molecule has 0 radical (unpaired) electrons. The second-order valence-electron chi connectivity index (χ2n) is 4.79. The lowest BCUT2D eigenvalue weighted by Crippen LogP contribution is -2.48. The van der Waals surface area contributed by atoms with Crippen LogP contribution in [0.3, 0.4) is 0 Å². The van der Waals surface area contributed by atoms with E-state index in [1.807, 2.05) is 38.7 Å². The lowest BCUT2D eigenvalue weighted by atomic mass is 10.1. The molecule has 1 saturated heterocycles. The zero-order valence-electron chi connectivity index (χ0n) is 10.8. The van der Waals surface area contributed by atoms with E-state index in [2.05, 4.69) is 0 Å². The van der Waals surface area contributed by atoms with Gasteiger partial charge in [0.2, 0.25) is 0 Å². The Hall–Kier alpha value is -1.29. The van der Waals surface area contributed by atoms with Crippen molar-refractivity contribution in [3.8, 4) is 0 Å². The molecule has 94 valence electrons. The fourth-order valence-corrected chi connectivity index (χ4v) is 2.36. The van der Waals surface area contributed by atoms with Crippen molar-refractivity contribution in [2.75, 3.05) is 13.1 Å². The Morgan fingerprint density at radius 3 is 2.35 bits per heavy atom. The van der Waals surface area contributed by atoms with Gasteiger partial charge in [-0.25, -0.2) is 0 Å². The van der Waals surface area contributed by atoms with E-state index in [0.717, 1.165) is 5.76 Å². The first-order valence-corrected chi connectivity index (χ1v) is 5.99. The number of morpholine rings is 1. The van der Waals surface area contributed by atoms with Gasteiger partial charge in [-0.05, 0) is 33.8 Å². The van der Waals surface area contributed by atoms with Gasteiger partial charge in [-0.3, -0.25) is 4.79 Å². The van der Waals surface area contributed by atoms with Crippen LogP contribution in [0.4, 0.5) is 0 Å². The van der Waals surface area contributed by atoms with E-state index in [9.17, 15) is 4.79 Å². The van der Waals surface area contributed by atoms with Gasteiger partial charge in [-0.2, -0.15) is 0 Å². The lowest BCUT2D eigenvalue weighted by molar-refractivity contribution is -0.0586. The summed E-state index contributed by atoms with van der Waals surface area (Å²) in [6, 6.07) is 1.81. The van der Waals surface area contributed by atoms with Crippen LogP contribution in [-0.2, 0) is 4.74 Å². The second kappa shape index (κ2) is 4.53. The molecule has 0 saturated carbocycles. The third-order valence-electron chi connectivity index (χ3n) is 2.98. The molecular formula is C13H19NO3. The molecule has 1 aliphatic rings. The number of aryl methyl sites for hydroxylation is 2. The molecule has 0 spiro atoms. The van der Waals surface area contributed by atoms with Crippen LogP contribution in [-0.4, -0.2) is 36.1 Å². The number of amides is 1. The minimum absolute atomic E-state index is 0.0429. The van der Waals surface area contributed by atoms with E-state index >= 15 is 0 Å². The van der Waals surface area contributed by atoms with Crippen molar-refractivity contribution >= 4 is 5.91 Å². The third-order valence-corrected chi connectivity index (χ3v) is 2.98. The number of carbonyl (C=O) groups excluding carboxylic acids is 1. The normalized spacial score (nSPS) is 25.1. The molecule has 1 aliphatic heterocycles. The van der Waals surface area contributed by atoms with Crippen molar-refractivity contribution in [3.05, 3.63) is 23.2 Å². The van der Waals surface area contributed by atoms with Crippen LogP contribution >= 0.6 is 0 Å². The molecule has 2 unspecified atom stereocenters. The van der Waals surface area contributed by atoms with Crippen LogP contribution in [0.5, 0.6) is 0 Å². The standard InChI is InChI=1S/C13H19NO3/c1-8-5-12(11(4)17-8)13(15)14-6-9(2)16-10(3)7-14/h5,9-10H,6-7H2,1-4H3. The quantitative estimate of drug-likeness (QED) is 0.751. The molecule has 1 amide bonds. The van der Waals surface area contributed by atoms with Crippen molar-refractivity contribution in [3.63, 3.8) is 0 Å². The molecule has 0 bridgehead atoms. The first kappa shape index (κ1) is 12.2. The van der Waals surface area contributed by atoms with Crippen molar-refractivity contribution in [2.45, 2.75) is 39.9 Å². The van der Waals surface area contributed by atoms with Gasteiger partial charge in [0.25, 0.3) is 5.91 Å². The van der Waals surface area contributed by atoms with Crippen LogP contribution in [0.25, 0.3) is 0 Å². The van der Waals surface area contributed by atoms with Crippen LogP contribution in [0, 0.1) is 13.8 Å². The summed E-state index contributed by atoms with van der Waals surface area (Å²) in [4.78, 5) is 14.2. The molecule has 1 fully saturated rings. The molecule has 1 aromatic heterocycles. The summed E-state index contributed by atoms with van der Waals surface area (Å²) in [5.41, 5.74) is 0.670. The Morgan fingerprint density at radius 2 is 1.88 bits per heavy atom. The SMILES string of the molecule is Cc1cc(C(=O)N2CC(C)OC(C)C2)c(C)o1. The predicted molar refractivity (Wildman–Crippen MR) is 64.1 cm³/mol. The minimum Gasteiger partial charge on any atom is -0.466 e. The highest BCUT2D eigenvalue weighted by Gasteiger charge is 2.28. The Balaban J connectivity index is 2.17. The topological polar surface area (TPSA) is 42.7 Å². The molecule has 2 rings (SSSR count). The maximum Gasteiger partial charge on any atom is 0.257 e. The molecule has 4 heteroatoms. The van der Waals surface area contributed by atoms with Gasteiger partial charge < -0.3 is 14.1 Å². The summed E-state index contributed by atoms with van der Waals surface area (Å²) in [5, 5.41) is 0. The van der Waals surface area contributed by atoms with E-state index < -0.39 is 0 Å². The van der Waals surface area contributed by atoms with Gasteiger partial charge >= 0.3 is 0 Å². The highest BCUT2D eigenvalue weighted by atomic mass is 16.5. The van der Waals surface area contributed by atoms with Crippen LogP contribution < -0.4 is 0 Å². The summed E-state index contributed by atoms with van der Waals surface area (Å²) < 4.78 is 11.0. The van der Waals surface area contributed by atoms with Crippen molar-refractivity contribution in [1.29, 1.82) is 0 Å². The Morgan fingerprint density at radius 1 is 1.29 bits per heavy atom. The third kappa shape index (κ3) is 2.52. The average molecular weight is 237 g/mol. The number of nitrogens with zero attached hydrogens (tertiary/aromatic N) is 1. The van der Waals surface area contributed by atoms with E-state index in [4.69, 9.17) is 9.15 Å². The van der Waals surface area contributed by atoms with Crippen LogP contribution in [0.2, 0.25) is 0 Å².